The minimum Gasteiger partial charge on any atom is -0.478 e. The standard InChI is InChI=1S/C18H20O4/c1-12(2)4-3-9-22-18(21)16-8-6-13-10-15(17(19)20)7-5-14(13)11-16/h5-8,10-12H,3-4,9H2,1-2H3,(H,19,20). The van der Waals surface area contributed by atoms with Crippen LogP contribution in [0.1, 0.15) is 47.4 Å². The van der Waals surface area contributed by atoms with Crippen LogP contribution in [0.3, 0.4) is 0 Å². The molecule has 0 radical (unpaired) electrons. The molecule has 4 heteroatoms. The Morgan fingerprint density at radius 3 is 2.23 bits per heavy atom. The monoisotopic (exact) mass is 300 g/mol. The number of carbonyl (C=O) groups is 2. The highest BCUT2D eigenvalue weighted by Gasteiger charge is 2.09. The summed E-state index contributed by atoms with van der Waals surface area (Å²) in [5.74, 6) is -0.702. The van der Waals surface area contributed by atoms with Gasteiger partial charge in [0.05, 0.1) is 17.7 Å². The van der Waals surface area contributed by atoms with Crippen LogP contribution in [0.5, 0.6) is 0 Å². The summed E-state index contributed by atoms with van der Waals surface area (Å²) < 4.78 is 5.26. The Kier molecular flexibility index (Phi) is 5.15. The van der Waals surface area contributed by atoms with Gasteiger partial charge in [-0.1, -0.05) is 26.0 Å². The minimum absolute atomic E-state index is 0.233. The van der Waals surface area contributed by atoms with Crippen LogP contribution in [-0.4, -0.2) is 23.7 Å². The Morgan fingerprint density at radius 1 is 1.05 bits per heavy atom. The molecule has 0 bridgehead atoms. The van der Waals surface area contributed by atoms with Gasteiger partial charge < -0.3 is 9.84 Å². The van der Waals surface area contributed by atoms with E-state index < -0.39 is 5.97 Å². The van der Waals surface area contributed by atoms with Crippen molar-refractivity contribution < 1.29 is 19.4 Å². The van der Waals surface area contributed by atoms with E-state index in [0.29, 0.717) is 18.1 Å². The summed E-state index contributed by atoms with van der Waals surface area (Å²) in [6.45, 7) is 4.69. The van der Waals surface area contributed by atoms with Gasteiger partial charge in [0, 0.05) is 0 Å². The Bertz CT molecular complexity index is 689. The number of ether oxygens (including phenoxy) is 1. The molecule has 2 aromatic carbocycles. The number of carboxylic acids is 1. The number of esters is 1. The Labute approximate surface area is 129 Å². The first-order chi connectivity index (χ1) is 10.5. The van der Waals surface area contributed by atoms with Crippen molar-refractivity contribution in [3.8, 4) is 0 Å². The molecule has 0 unspecified atom stereocenters. The minimum atomic E-state index is -0.962. The largest absolute Gasteiger partial charge is 0.478 e. The summed E-state index contributed by atoms with van der Waals surface area (Å²) >= 11 is 0. The molecule has 2 aromatic rings. The van der Waals surface area contributed by atoms with Crippen molar-refractivity contribution in [3.05, 3.63) is 47.5 Å². The number of carboxylic acid groups (broad SMARTS) is 1. The van der Waals surface area contributed by atoms with Gasteiger partial charge in [0.15, 0.2) is 0 Å². The van der Waals surface area contributed by atoms with Gasteiger partial charge in [0.2, 0.25) is 0 Å². The second-order valence-electron chi connectivity index (χ2n) is 5.75. The summed E-state index contributed by atoms with van der Waals surface area (Å²) in [6, 6.07) is 9.96. The Balaban J connectivity index is 2.07. The van der Waals surface area contributed by atoms with E-state index in [1.165, 1.54) is 6.07 Å². The number of fused-ring (bicyclic) bond motifs is 1. The molecule has 4 nitrogen and oxygen atoms in total. The van der Waals surface area contributed by atoms with E-state index in [1.807, 2.05) is 0 Å². The third-order valence-electron chi connectivity index (χ3n) is 3.48. The van der Waals surface area contributed by atoms with Crippen molar-refractivity contribution in [2.24, 2.45) is 5.92 Å². The highest BCUT2D eigenvalue weighted by Crippen LogP contribution is 2.19. The van der Waals surface area contributed by atoms with E-state index in [9.17, 15) is 9.59 Å². The average molecular weight is 300 g/mol. The fourth-order valence-corrected chi connectivity index (χ4v) is 2.25. The zero-order valence-electron chi connectivity index (χ0n) is 12.8. The second kappa shape index (κ2) is 7.07. The molecule has 0 heterocycles. The van der Waals surface area contributed by atoms with E-state index in [0.717, 1.165) is 23.6 Å². The summed E-state index contributed by atoms with van der Waals surface area (Å²) in [5, 5.41) is 10.6. The van der Waals surface area contributed by atoms with Gasteiger partial charge in [0.1, 0.15) is 0 Å². The van der Waals surface area contributed by atoms with Crippen LogP contribution in [0.4, 0.5) is 0 Å². The molecule has 116 valence electrons. The molecule has 0 aliphatic rings. The molecule has 22 heavy (non-hydrogen) atoms. The Morgan fingerprint density at radius 2 is 1.64 bits per heavy atom. The van der Waals surface area contributed by atoms with Crippen molar-refractivity contribution in [2.75, 3.05) is 6.61 Å². The molecule has 0 amide bonds. The predicted octanol–water partition coefficient (Wildman–Crippen LogP) is 4.13. The smallest absolute Gasteiger partial charge is 0.338 e. The molecule has 0 aromatic heterocycles. The van der Waals surface area contributed by atoms with Crippen LogP contribution in [0.15, 0.2) is 36.4 Å². The molecule has 1 N–H and O–H groups in total. The first kappa shape index (κ1) is 16.0. The fourth-order valence-electron chi connectivity index (χ4n) is 2.25. The molecule has 0 fully saturated rings. The summed E-state index contributed by atoms with van der Waals surface area (Å²) in [7, 11) is 0. The Hall–Kier alpha value is -2.36. The molecular formula is C18H20O4. The van der Waals surface area contributed by atoms with Crippen LogP contribution >= 0.6 is 0 Å². The molecule has 0 saturated carbocycles. The van der Waals surface area contributed by atoms with E-state index >= 15 is 0 Å². The first-order valence-corrected chi connectivity index (χ1v) is 7.41. The quantitative estimate of drug-likeness (QED) is 0.643. The molecule has 0 saturated heterocycles. The normalized spacial score (nSPS) is 10.9. The number of hydrogen-bond donors (Lipinski definition) is 1. The lowest BCUT2D eigenvalue weighted by Gasteiger charge is -2.07. The van der Waals surface area contributed by atoms with Crippen molar-refractivity contribution in [3.63, 3.8) is 0 Å². The maximum absolute atomic E-state index is 12.0. The highest BCUT2D eigenvalue weighted by atomic mass is 16.5. The second-order valence-corrected chi connectivity index (χ2v) is 5.75. The predicted molar refractivity (Wildman–Crippen MR) is 85.3 cm³/mol. The third-order valence-corrected chi connectivity index (χ3v) is 3.48. The van der Waals surface area contributed by atoms with Crippen molar-refractivity contribution in [1.29, 1.82) is 0 Å². The lowest BCUT2D eigenvalue weighted by molar-refractivity contribution is 0.0494. The number of hydrogen-bond acceptors (Lipinski definition) is 3. The van der Waals surface area contributed by atoms with Crippen molar-refractivity contribution in [1.82, 2.24) is 0 Å². The molecule has 0 atom stereocenters. The van der Waals surface area contributed by atoms with Gasteiger partial charge in [-0.2, -0.15) is 0 Å². The first-order valence-electron chi connectivity index (χ1n) is 7.41. The van der Waals surface area contributed by atoms with Gasteiger partial charge >= 0.3 is 11.9 Å². The summed E-state index contributed by atoms with van der Waals surface area (Å²) in [6.07, 6.45) is 1.89. The molecule has 2 rings (SSSR count). The van der Waals surface area contributed by atoms with Crippen molar-refractivity contribution in [2.45, 2.75) is 26.7 Å². The lowest BCUT2D eigenvalue weighted by atomic mass is 10.0. The van der Waals surface area contributed by atoms with E-state index in [1.54, 1.807) is 30.3 Å². The highest BCUT2D eigenvalue weighted by molar-refractivity contribution is 5.98. The zero-order valence-corrected chi connectivity index (χ0v) is 12.8. The maximum Gasteiger partial charge on any atom is 0.338 e. The van der Waals surface area contributed by atoms with Gasteiger partial charge in [-0.05, 0) is 53.8 Å². The van der Waals surface area contributed by atoms with Gasteiger partial charge in [-0.3, -0.25) is 0 Å². The molecular weight excluding hydrogens is 280 g/mol. The lowest BCUT2D eigenvalue weighted by Crippen LogP contribution is -2.07. The number of benzene rings is 2. The fraction of sp³-hybridized carbons (Fsp3) is 0.333. The van der Waals surface area contributed by atoms with E-state index in [-0.39, 0.29) is 11.5 Å². The summed E-state index contributed by atoms with van der Waals surface area (Å²) in [5.41, 5.74) is 0.719. The average Bonchev–Trinajstić information content (AvgIpc) is 2.50. The maximum atomic E-state index is 12.0. The van der Waals surface area contributed by atoms with E-state index in [4.69, 9.17) is 9.84 Å². The van der Waals surface area contributed by atoms with Crippen molar-refractivity contribution >= 4 is 22.7 Å². The van der Waals surface area contributed by atoms with E-state index in [2.05, 4.69) is 13.8 Å². The molecule has 0 spiro atoms. The van der Waals surface area contributed by atoms with Crippen LogP contribution in [0.25, 0.3) is 10.8 Å². The molecule has 0 aliphatic carbocycles. The molecule has 0 aliphatic heterocycles. The van der Waals surface area contributed by atoms with Crippen LogP contribution in [0.2, 0.25) is 0 Å². The topological polar surface area (TPSA) is 63.6 Å². The van der Waals surface area contributed by atoms with Crippen LogP contribution in [0, 0.1) is 5.92 Å². The van der Waals surface area contributed by atoms with Crippen LogP contribution < -0.4 is 0 Å². The van der Waals surface area contributed by atoms with Gasteiger partial charge in [-0.25, -0.2) is 9.59 Å². The van der Waals surface area contributed by atoms with Crippen LogP contribution in [-0.2, 0) is 4.74 Å². The number of rotatable bonds is 6. The number of carbonyl (C=O) groups excluding carboxylic acids is 1. The zero-order chi connectivity index (χ0) is 16.1. The van der Waals surface area contributed by atoms with Gasteiger partial charge in [0.25, 0.3) is 0 Å². The summed E-state index contributed by atoms with van der Waals surface area (Å²) in [4.78, 5) is 22.9. The number of aromatic carboxylic acids is 1. The van der Waals surface area contributed by atoms with Gasteiger partial charge in [-0.15, -0.1) is 0 Å². The SMILES string of the molecule is CC(C)CCCOC(=O)c1ccc2cc(C(=O)O)ccc2c1. The third kappa shape index (κ3) is 4.07.